The van der Waals surface area contributed by atoms with Gasteiger partial charge >= 0.3 is 5.97 Å². The highest BCUT2D eigenvalue weighted by Crippen LogP contribution is 2.20. The summed E-state index contributed by atoms with van der Waals surface area (Å²) in [6, 6.07) is 6.15. The Balaban J connectivity index is 2.06. The van der Waals surface area contributed by atoms with Crippen LogP contribution in [0.5, 0.6) is 5.75 Å². The zero-order valence-electron chi connectivity index (χ0n) is 10.2. The number of hydrogen-bond acceptors (Lipinski definition) is 4. The van der Waals surface area contributed by atoms with Gasteiger partial charge in [-0.15, -0.1) is 0 Å². The Hall–Kier alpha value is -2.57. The van der Waals surface area contributed by atoms with E-state index in [0.29, 0.717) is 11.7 Å². The topological polar surface area (TPSA) is 100 Å². The predicted molar refractivity (Wildman–Crippen MR) is 67.0 cm³/mol. The molecule has 0 aliphatic carbocycles. The van der Waals surface area contributed by atoms with E-state index in [1.165, 1.54) is 0 Å². The van der Waals surface area contributed by atoms with Crippen molar-refractivity contribution in [3.8, 4) is 5.75 Å². The Bertz CT molecular complexity index is 524. The summed E-state index contributed by atoms with van der Waals surface area (Å²) in [7, 11) is 1.58. The van der Waals surface area contributed by atoms with Crippen LogP contribution in [0, 0.1) is 0 Å². The monoisotopic (exact) mass is 263 g/mol. The Labute approximate surface area is 109 Å². The first kappa shape index (κ1) is 12.9. The van der Waals surface area contributed by atoms with Crippen molar-refractivity contribution in [2.24, 2.45) is 4.99 Å². The van der Waals surface area contributed by atoms with Gasteiger partial charge in [0.25, 0.3) is 5.91 Å². The lowest BCUT2D eigenvalue weighted by molar-refractivity contribution is -0.139. The largest absolute Gasteiger partial charge is 0.482 e. The first-order chi connectivity index (χ1) is 9.10. The number of aliphatic carboxylic acids is 1. The van der Waals surface area contributed by atoms with E-state index in [2.05, 4.69) is 15.6 Å². The third-order valence-corrected chi connectivity index (χ3v) is 2.58. The molecule has 0 radical (unpaired) electrons. The van der Waals surface area contributed by atoms with E-state index in [4.69, 9.17) is 9.84 Å². The van der Waals surface area contributed by atoms with E-state index in [-0.39, 0.29) is 5.91 Å². The van der Waals surface area contributed by atoms with Crippen LogP contribution >= 0.6 is 0 Å². The number of nitrogens with zero attached hydrogens (tertiary/aromatic N) is 1. The number of carbonyl (C=O) groups is 2. The molecule has 7 heteroatoms. The van der Waals surface area contributed by atoms with Crippen LogP contribution in [-0.2, 0) is 9.59 Å². The van der Waals surface area contributed by atoms with E-state index < -0.39 is 18.6 Å². The van der Waals surface area contributed by atoms with Crippen LogP contribution in [0.1, 0.15) is 11.6 Å². The lowest BCUT2D eigenvalue weighted by Crippen LogP contribution is -2.24. The van der Waals surface area contributed by atoms with Gasteiger partial charge < -0.3 is 15.2 Å². The first-order valence-electron chi connectivity index (χ1n) is 5.59. The van der Waals surface area contributed by atoms with Crippen LogP contribution in [0.3, 0.4) is 0 Å². The highest BCUT2D eigenvalue weighted by atomic mass is 16.5. The van der Waals surface area contributed by atoms with Crippen LogP contribution in [0.4, 0.5) is 0 Å². The normalized spacial score (nSPS) is 19.9. The Morgan fingerprint density at radius 3 is 2.63 bits per heavy atom. The number of amides is 1. The van der Waals surface area contributed by atoms with E-state index in [1.807, 2.05) is 0 Å². The second-order valence-electron chi connectivity index (χ2n) is 3.89. The number of carbonyl (C=O) groups excluding carboxylic acids is 1. The molecule has 1 fully saturated rings. The van der Waals surface area contributed by atoms with E-state index in [0.717, 1.165) is 5.56 Å². The maximum absolute atomic E-state index is 11.7. The molecule has 0 bridgehead atoms. The maximum atomic E-state index is 11.7. The van der Waals surface area contributed by atoms with Crippen molar-refractivity contribution in [2.45, 2.75) is 6.04 Å². The summed E-state index contributed by atoms with van der Waals surface area (Å²) in [6.07, 6.45) is 0. The Morgan fingerprint density at radius 1 is 1.42 bits per heavy atom. The Morgan fingerprint density at radius 2 is 2.11 bits per heavy atom. The summed E-state index contributed by atoms with van der Waals surface area (Å²) >= 11 is 0. The lowest BCUT2D eigenvalue weighted by Gasteiger charge is -2.09. The van der Waals surface area contributed by atoms with Crippen molar-refractivity contribution < 1.29 is 19.4 Å². The van der Waals surface area contributed by atoms with Gasteiger partial charge in [0.15, 0.2) is 12.6 Å². The molecule has 19 heavy (non-hydrogen) atoms. The second kappa shape index (κ2) is 5.38. The minimum atomic E-state index is -1.04. The molecule has 0 spiro atoms. The number of rotatable bonds is 4. The quantitative estimate of drug-likeness (QED) is 0.704. The van der Waals surface area contributed by atoms with Crippen LogP contribution in [-0.4, -0.2) is 36.6 Å². The number of benzene rings is 1. The molecule has 1 amide bonds. The first-order valence-corrected chi connectivity index (χ1v) is 5.59. The zero-order valence-corrected chi connectivity index (χ0v) is 10.2. The summed E-state index contributed by atoms with van der Waals surface area (Å²) in [5, 5.41) is 14.0. The fourth-order valence-corrected chi connectivity index (χ4v) is 1.68. The molecule has 1 aromatic carbocycles. The summed E-state index contributed by atoms with van der Waals surface area (Å²) < 4.78 is 5.01. The minimum Gasteiger partial charge on any atom is -0.482 e. The van der Waals surface area contributed by atoms with E-state index in [1.54, 1.807) is 31.3 Å². The van der Waals surface area contributed by atoms with Gasteiger partial charge in [-0.3, -0.25) is 15.1 Å². The molecule has 1 heterocycles. The fourth-order valence-electron chi connectivity index (χ4n) is 1.68. The molecule has 1 atom stereocenters. The van der Waals surface area contributed by atoms with Crippen LogP contribution < -0.4 is 15.4 Å². The number of hydrogen-bond donors (Lipinski definition) is 3. The van der Waals surface area contributed by atoms with Crippen molar-refractivity contribution in [1.82, 2.24) is 10.6 Å². The third-order valence-electron chi connectivity index (χ3n) is 2.58. The molecule has 1 aromatic rings. The van der Waals surface area contributed by atoms with Crippen molar-refractivity contribution in [1.29, 1.82) is 0 Å². The molecule has 2 rings (SSSR count). The number of aliphatic imine (C=N–C) groups is 1. The predicted octanol–water partition coefficient (Wildman–Crippen LogP) is -0.104. The SMILES string of the molecule is CN=C1NC(=O)C(c2ccc(OCC(=O)O)cc2)N1. The smallest absolute Gasteiger partial charge is 0.341 e. The summed E-state index contributed by atoms with van der Waals surface area (Å²) in [5.74, 6) is -0.348. The number of carboxylic acids is 1. The van der Waals surface area contributed by atoms with Crippen LogP contribution in [0.25, 0.3) is 0 Å². The van der Waals surface area contributed by atoms with Gasteiger partial charge in [-0.25, -0.2) is 4.79 Å². The average molecular weight is 263 g/mol. The lowest BCUT2D eigenvalue weighted by atomic mass is 10.1. The van der Waals surface area contributed by atoms with Crippen molar-refractivity contribution in [3.05, 3.63) is 29.8 Å². The standard InChI is InChI=1S/C12H13N3O4/c1-13-12-14-10(11(18)15-12)7-2-4-8(5-3-7)19-6-9(16)17/h2-5,10H,6H2,1H3,(H,16,17)(H2,13,14,15,18). The summed E-state index contributed by atoms with van der Waals surface area (Å²) in [4.78, 5) is 25.9. The highest BCUT2D eigenvalue weighted by molar-refractivity contribution is 6.06. The molecule has 3 N–H and O–H groups in total. The molecule has 100 valence electrons. The zero-order chi connectivity index (χ0) is 13.8. The summed E-state index contributed by atoms with van der Waals surface area (Å²) in [6.45, 7) is -0.395. The number of carboxylic acid groups (broad SMARTS) is 1. The van der Waals surface area contributed by atoms with E-state index in [9.17, 15) is 9.59 Å². The minimum absolute atomic E-state index is 0.181. The third kappa shape index (κ3) is 3.01. The summed E-state index contributed by atoms with van der Waals surface area (Å²) in [5.41, 5.74) is 0.749. The molecule has 7 nitrogen and oxygen atoms in total. The van der Waals surface area contributed by atoms with Gasteiger partial charge in [-0.1, -0.05) is 12.1 Å². The Kier molecular flexibility index (Phi) is 3.65. The molecule has 1 unspecified atom stereocenters. The van der Waals surface area contributed by atoms with Gasteiger partial charge in [0.2, 0.25) is 0 Å². The van der Waals surface area contributed by atoms with Crippen molar-refractivity contribution >= 4 is 17.8 Å². The van der Waals surface area contributed by atoms with Gasteiger partial charge in [-0.2, -0.15) is 0 Å². The van der Waals surface area contributed by atoms with Gasteiger partial charge in [0, 0.05) is 7.05 Å². The average Bonchev–Trinajstić information content (AvgIpc) is 2.78. The fraction of sp³-hybridized carbons (Fsp3) is 0.250. The van der Waals surface area contributed by atoms with Crippen LogP contribution in [0.2, 0.25) is 0 Å². The van der Waals surface area contributed by atoms with E-state index >= 15 is 0 Å². The molecule has 0 aromatic heterocycles. The molecule has 0 saturated carbocycles. The van der Waals surface area contributed by atoms with Crippen molar-refractivity contribution in [2.75, 3.05) is 13.7 Å². The van der Waals surface area contributed by atoms with Crippen molar-refractivity contribution in [3.63, 3.8) is 0 Å². The molecular formula is C12H13N3O4. The van der Waals surface area contributed by atoms with Gasteiger partial charge in [-0.05, 0) is 17.7 Å². The molecule has 1 aliphatic rings. The highest BCUT2D eigenvalue weighted by Gasteiger charge is 2.29. The number of ether oxygens (including phenoxy) is 1. The maximum Gasteiger partial charge on any atom is 0.341 e. The van der Waals surface area contributed by atoms with Crippen LogP contribution in [0.15, 0.2) is 29.3 Å². The molecule has 1 saturated heterocycles. The molecular weight excluding hydrogens is 250 g/mol. The van der Waals surface area contributed by atoms with Gasteiger partial charge in [0.1, 0.15) is 11.8 Å². The number of nitrogens with one attached hydrogen (secondary N) is 2. The molecule has 1 aliphatic heterocycles. The second-order valence-corrected chi connectivity index (χ2v) is 3.89. The number of guanidine groups is 1. The van der Waals surface area contributed by atoms with Gasteiger partial charge in [0.05, 0.1) is 0 Å².